The number of amides is 1. The van der Waals surface area contributed by atoms with Crippen LogP contribution in [0.2, 0.25) is 5.02 Å². The predicted molar refractivity (Wildman–Crippen MR) is 131 cm³/mol. The molecule has 0 saturated heterocycles. The molecular weight excluding hydrogens is 486 g/mol. The Balaban J connectivity index is 0.000000203. The summed E-state index contributed by atoms with van der Waals surface area (Å²) in [6.45, 7) is -0.248. The molecule has 6 nitrogen and oxygen atoms in total. The Morgan fingerprint density at radius 3 is 2.14 bits per heavy atom. The number of aromatic nitrogens is 2. The van der Waals surface area contributed by atoms with Gasteiger partial charge in [0.05, 0.1) is 11.1 Å². The van der Waals surface area contributed by atoms with E-state index in [1.807, 2.05) is 0 Å². The number of primary amides is 1. The molecule has 1 aromatic carbocycles. The number of nitrogens with zero attached hydrogens (tertiary/aromatic N) is 2. The summed E-state index contributed by atoms with van der Waals surface area (Å²) in [6.07, 6.45) is 5.85. The normalized spacial score (nSPS) is 13.2. The van der Waals surface area contributed by atoms with Crippen molar-refractivity contribution in [3.63, 3.8) is 0 Å². The van der Waals surface area contributed by atoms with Crippen molar-refractivity contribution in [1.29, 1.82) is 0 Å². The van der Waals surface area contributed by atoms with E-state index in [0.29, 0.717) is 21.8 Å². The molecule has 2 heterocycles. The van der Waals surface area contributed by atoms with Crippen LogP contribution in [0.15, 0.2) is 42.6 Å². The quantitative estimate of drug-likeness (QED) is 0.350. The molecule has 35 heavy (non-hydrogen) atoms. The lowest BCUT2D eigenvalue weighted by molar-refractivity contribution is -0.140. The maximum Gasteiger partial charge on any atom is 0.433 e. The number of carbonyl (C=O) groups is 1. The fraction of sp³-hybridized carbons (Fsp3) is 0.375. The Morgan fingerprint density at radius 2 is 1.66 bits per heavy atom. The minimum absolute atomic E-state index is 0.0137. The lowest BCUT2D eigenvalue weighted by Gasteiger charge is -2.09. The Bertz CT molecular complexity index is 1080. The predicted octanol–water partition coefficient (Wildman–Crippen LogP) is 6.39. The highest BCUT2D eigenvalue weighted by Gasteiger charge is 2.33. The van der Waals surface area contributed by atoms with Crippen LogP contribution in [0.25, 0.3) is 10.9 Å². The molecule has 11 heteroatoms. The Labute approximate surface area is 206 Å². The van der Waals surface area contributed by atoms with Crippen LogP contribution in [0, 0.1) is 0 Å². The van der Waals surface area contributed by atoms with Gasteiger partial charge >= 0.3 is 6.18 Å². The van der Waals surface area contributed by atoms with Crippen molar-refractivity contribution in [2.45, 2.75) is 44.7 Å². The van der Waals surface area contributed by atoms with Gasteiger partial charge in [-0.2, -0.15) is 13.2 Å². The second kappa shape index (κ2) is 13.7. The lowest BCUT2D eigenvalue weighted by Crippen LogP contribution is -2.12. The third-order valence-electron chi connectivity index (χ3n) is 5.04. The number of benzene rings is 1. The average Bonchev–Trinajstić information content (AvgIpc) is 2.84. The molecule has 0 spiro atoms. The zero-order valence-corrected chi connectivity index (χ0v) is 19.8. The van der Waals surface area contributed by atoms with E-state index in [0.717, 1.165) is 6.07 Å². The van der Waals surface area contributed by atoms with Crippen LogP contribution in [0.5, 0.6) is 0 Å². The van der Waals surface area contributed by atoms with Gasteiger partial charge in [-0.15, -0.1) is 0 Å². The topological polar surface area (TPSA) is 107 Å². The molecule has 0 bridgehead atoms. The van der Waals surface area contributed by atoms with Crippen molar-refractivity contribution in [3.8, 4) is 0 Å². The van der Waals surface area contributed by atoms with Crippen molar-refractivity contribution >= 4 is 39.9 Å². The Hall–Kier alpha value is -3.14. The molecule has 1 aliphatic carbocycles. The maximum absolute atomic E-state index is 12.4. The fourth-order valence-corrected chi connectivity index (χ4v) is 3.42. The molecule has 5 N–H and O–H groups in total. The summed E-state index contributed by atoms with van der Waals surface area (Å²) in [6, 6.07) is 8.28. The first-order valence-electron chi connectivity index (χ1n) is 11.1. The van der Waals surface area contributed by atoms with Crippen LogP contribution in [-0.4, -0.2) is 29.1 Å². The molecule has 1 aliphatic rings. The molecule has 0 radical (unpaired) electrons. The molecule has 1 fully saturated rings. The largest absolute Gasteiger partial charge is 0.433 e. The van der Waals surface area contributed by atoms with Gasteiger partial charge in [-0.3, -0.25) is 4.79 Å². The van der Waals surface area contributed by atoms with Gasteiger partial charge in [0.15, 0.2) is 0 Å². The first kappa shape index (κ1) is 28.1. The molecule has 3 aromatic rings. The Morgan fingerprint density at radius 1 is 1.03 bits per heavy atom. The minimum Gasteiger partial charge on any atom is -0.398 e. The summed E-state index contributed by atoms with van der Waals surface area (Å²) in [5.41, 5.74) is 10.1. The van der Waals surface area contributed by atoms with Crippen molar-refractivity contribution in [3.05, 3.63) is 58.9 Å². The van der Waals surface area contributed by atoms with Crippen LogP contribution in [-0.2, 0) is 6.18 Å². The van der Waals surface area contributed by atoms with Crippen molar-refractivity contribution < 1.29 is 22.4 Å². The molecule has 0 aliphatic heterocycles. The van der Waals surface area contributed by atoms with E-state index >= 15 is 0 Å². The van der Waals surface area contributed by atoms with Crippen molar-refractivity contribution in [2.75, 3.05) is 24.3 Å². The number of alkyl halides is 4. The van der Waals surface area contributed by atoms with Crippen LogP contribution in [0.1, 0.15) is 54.6 Å². The Kier molecular flexibility index (Phi) is 11.0. The first-order chi connectivity index (χ1) is 16.6. The molecule has 0 unspecified atom stereocenters. The number of fused-ring (bicyclic) bond motifs is 1. The second-order valence-electron chi connectivity index (χ2n) is 7.79. The van der Waals surface area contributed by atoms with E-state index in [2.05, 4.69) is 15.3 Å². The summed E-state index contributed by atoms with van der Waals surface area (Å²) in [5.74, 6) is 0.00666. The van der Waals surface area contributed by atoms with Gasteiger partial charge in [-0.25, -0.2) is 14.4 Å². The standard InChI is InChI=1S/C10H6ClF3N2.C8H10FN3O.C6H12/c11-5-1-2-8-6(3-5)7(15)4-9(16-8)10(12,13)14;9-3-4-11-7-2-1-6(5-12-7)8(10)13;1-2-4-6-5-3-1/h1-4H,(H2,15,16);1-2,5H,3-4H2,(H2,10,13)(H,11,12);1-6H2. The molecular formula is C24H28ClF4N5O. The molecule has 4 rings (SSSR count). The summed E-state index contributed by atoms with van der Waals surface area (Å²) < 4.78 is 49.0. The molecule has 0 atom stereocenters. The first-order valence-corrected chi connectivity index (χ1v) is 11.5. The number of hydrogen-bond donors (Lipinski definition) is 3. The number of nitrogen functional groups attached to an aromatic ring is 1. The number of nitrogens with two attached hydrogens (primary N) is 2. The monoisotopic (exact) mass is 513 g/mol. The zero-order chi connectivity index (χ0) is 25.8. The van der Waals surface area contributed by atoms with Crippen LogP contribution < -0.4 is 16.8 Å². The fourth-order valence-electron chi connectivity index (χ4n) is 3.25. The van der Waals surface area contributed by atoms with Crippen LogP contribution in [0.3, 0.4) is 0 Å². The number of anilines is 2. The van der Waals surface area contributed by atoms with E-state index in [-0.39, 0.29) is 17.7 Å². The zero-order valence-electron chi connectivity index (χ0n) is 19.0. The summed E-state index contributed by atoms with van der Waals surface area (Å²) in [5, 5.41) is 3.54. The summed E-state index contributed by atoms with van der Waals surface area (Å²) >= 11 is 5.71. The number of hydrogen-bond acceptors (Lipinski definition) is 5. The van der Waals surface area contributed by atoms with Crippen LogP contribution >= 0.6 is 11.6 Å². The number of nitrogens with one attached hydrogen (secondary N) is 1. The summed E-state index contributed by atoms with van der Waals surface area (Å²) in [4.78, 5) is 18.0. The van der Waals surface area contributed by atoms with E-state index < -0.39 is 24.5 Å². The van der Waals surface area contributed by atoms with E-state index in [1.54, 1.807) is 6.07 Å². The highest BCUT2D eigenvalue weighted by atomic mass is 35.5. The van der Waals surface area contributed by atoms with Gasteiger partial charge in [0.25, 0.3) is 0 Å². The SMILES string of the molecule is C1CCCCC1.NC(=O)c1ccc(NCCF)nc1.Nc1cc(C(F)(F)F)nc2ccc(Cl)cc12. The van der Waals surface area contributed by atoms with E-state index in [9.17, 15) is 22.4 Å². The number of carbonyl (C=O) groups excluding carboxylic acids is 1. The highest BCUT2D eigenvalue weighted by Crippen LogP contribution is 2.32. The maximum atomic E-state index is 12.4. The third-order valence-corrected chi connectivity index (χ3v) is 5.28. The van der Waals surface area contributed by atoms with Crippen molar-refractivity contribution in [1.82, 2.24) is 9.97 Å². The number of rotatable bonds is 4. The molecule has 1 amide bonds. The van der Waals surface area contributed by atoms with Gasteiger partial charge in [-0.05, 0) is 36.4 Å². The summed E-state index contributed by atoms with van der Waals surface area (Å²) in [7, 11) is 0. The molecule has 1 saturated carbocycles. The van der Waals surface area contributed by atoms with E-state index in [1.165, 1.54) is 69.0 Å². The molecule has 2 aromatic heterocycles. The average molecular weight is 514 g/mol. The number of pyridine rings is 2. The van der Waals surface area contributed by atoms with Gasteiger partial charge in [0.2, 0.25) is 5.91 Å². The lowest BCUT2D eigenvalue weighted by atomic mass is 10.0. The van der Waals surface area contributed by atoms with Gasteiger partial charge in [0.1, 0.15) is 18.2 Å². The van der Waals surface area contributed by atoms with Gasteiger partial charge in [-0.1, -0.05) is 50.1 Å². The second-order valence-corrected chi connectivity index (χ2v) is 8.23. The highest BCUT2D eigenvalue weighted by molar-refractivity contribution is 6.31. The van der Waals surface area contributed by atoms with Gasteiger partial charge in [0, 0.05) is 28.8 Å². The third kappa shape index (κ3) is 9.56. The minimum atomic E-state index is -4.50. The van der Waals surface area contributed by atoms with E-state index in [4.69, 9.17) is 23.1 Å². The van der Waals surface area contributed by atoms with Gasteiger partial charge < -0.3 is 16.8 Å². The smallest absolute Gasteiger partial charge is 0.398 e. The number of halogens is 5. The van der Waals surface area contributed by atoms with Crippen molar-refractivity contribution in [2.24, 2.45) is 5.73 Å². The molecule has 190 valence electrons. The van der Waals surface area contributed by atoms with Crippen LogP contribution in [0.4, 0.5) is 29.1 Å².